The first-order valence-electron chi connectivity index (χ1n) is 22.2. The topological polar surface area (TPSA) is 174 Å². The van der Waals surface area contributed by atoms with Gasteiger partial charge in [0, 0.05) is 61.8 Å². The number of imide groups is 1. The van der Waals surface area contributed by atoms with Gasteiger partial charge in [-0.15, -0.1) is 0 Å². The van der Waals surface area contributed by atoms with Gasteiger partial charge in [0.15, 0.2) is 27.2 Å². The average Bonchev–Trinajstić information content (AvgIpc) is 3.24. The number of anilines is 6. The van der Waals surface area contributed by atoms with Gasteiger partial charge in [0.2, 0.25) is 17.8 Å². The number of aryl methyl sites for hydroxylation is 1. The van der Waals surface area contributed by atoms with Crippen molar-refractivity contribution in [2.24, 2.45) is 0 Å². The second-order valence-electron chi connectivity index (χ2n) is 17.7. The number of rotatable bonds is 14. The number of likely N-dealkylation sites (tertiary alicyclic amines) is 2. The summed E-state index contributed by atoms with van der Waals surface area (Å²) >= 11 is 6.52. The fourth-order valence-electron chi connectivity index (χ4n) is 9.15. The molecule has 2 aromatic carbocycles. The molecule has 4 aromatic rings. The zero-order valence-electron chi connectivity index (χ0n) is 36.7. The Hall–Kier alpha value is -5.03. The summed E-state index contributed by atoms with van der Waals surface area (Å²) in [5.41, 5.74) is 4.58. The van der Waals surface area contributed by atoms with Crippen molar-refractivity contribution in [3.8, 4) is 5.75 Å². The Labute approximate surface area is 375 Å². The number of pyridine rings is 1. The lowest BCUT2D eigenvalue weighted by atomic mass is 9.87. The van der Waals surface area contributed by atoms with Crippen molar-refractivity contribution in [1.29, 1.82) is 0 Å². The highest BCUT2D eigenvalue weighted by Gasteiger charge is 2.39. The fraction of sp³-hybridized carbons (Fsp3) is 0.500. The largest absolute Gasteiger partial charge is 0.487 e. The van der Waals surface area contributed by atoms with E-state index in [1.54, 1.807) is 38.1 Å². The maximum absolute atomic E-state index is 13.1. The smallest absolute Gasteiger partial charge is 0.249 e. The van der Waals surface area contributed by atoms with Crippen molar-refractivity contribution in [3.63, 3.8) is 0 Å². The van der Waals surface area contributed by atoms with Crippen molar-refractivity contribution in [2.75, 3.05) is 60.1 Å². The Kier molecular flexibility index (Phi) is 13.4. The van der Waals surface area contributed by atoms with Crippen molar-refractivity contribution >= 4 is 67.9 Å². The number of sulfone groups is 1. The third-order valence-electron chi connectivity index (χ3n) is 12.8. The highest BCUT2D eigenvalue weighted by Crippen LogP contribution is 2.38. The molecule has 4 aliphatic heterocycles. The molecule has 4 N–H and O–H groups in total. The number of amides is 2. The van der Waals surface area contributed by atoms with Crippen LogP contribution in [0, 0.1) is 6.92 Å². The van der Waals surface area contributed by atoms with Gasteiger partial charge in [-0.25, -0.2) is 18.4 Å². The predicted molar refractivity (Wildman–Crippen MR) is 247 cm³/mol. The minimum Gasteiger partial charge on any atom is -0.487 e. The number of piperidine rings is 3. The molecule has 17 heteroatoms. The number of carbonyl (C=O) groups is 2. The normalized spacial score (nSPS) is 19.9. The van der Waals surface area contributed by atoms with E-state index < -0.39 is 15.1 Å². The molecule has 2 aromatic heterocycles. The number of halogens is 1. The van der Waals surface area contributed by atoms with E-state index in [0.29, 0.717) is 48.1 Å². The van der Waals surface area contributed by atoms with E-state index in [4.69, 9.17) is 21.3 Å². The van der Waals surface area contributed by atoms with Crippen LogP contribution in [0.2, 0.25) is 5.02 Å². The Bertz CT molecular complexity index is 2400. The van der Waals surface area contributed by atoms with Crippen LogP contribution < -0.4 is 30.9 Å². The molecule has 15 nitrogen and oxygen atoms in total. The molecule has 0 spiro atoms. The molecule has 0 radical (unpaired) electrons. The molecule has 4 aliphatic rings. The first-order chi connectivity index (χ1) is 30.2. The number of nitrogens with zero attached hydrogens (tertiary/aromatic N) is 6. The standard InChI is InChI=1S/C46H59ClN10O5S/c1-28(2)62-40-24-36(30(5)49-44(40)54-46-48-25-37(47)43(53-46)51-38-8-6-7-9-41(38)63(60,61)29(3)4)31-16-20-56(21-17-31)35-26-57(27-35)34-18-22-55(23-19-34)33-12-10-32(11-13-33)50-39-14-15-42(58)52-45(39)59/h6-13,24-25,28-29,31,34-35,39,50H,14-23,26-27H2,1-5H3,(H,52,58,59)(H2,48,49,51,53,54). The van der Waals surface area contributed by atoms with Crippen LogP contribution in [-0.2, 0) is 19.4 Å². The number of hydrogen-bond donors (Lipinski definition) is 4. The van der Waals surface area contributed by atoms with Crippen LogP contribution in [0.15, 0.2) is 65.7 Å². The molecule has 0 saturated carbocycles. The lowest BCUT2D eigenvalue weighted by Gasteiger charge is -2.52. The quantitative estimate of drug-likeness (QED) is 0.0950. The molecule has 4 fully saturated rings. The highest BCUT2D eigenvalue weighted by molar-refractivity contribution is 7.92. The molecule has 6 heterocycles. The average molecular weight is 900 g/mol. The summed E-state index contributed by atoms with van der Waals surface area (Å²) < 4.78 is 32.5. The maximum atomic E-state index is 13.1. The molecule has 4 saturated heterocycles. The van der Waals surface area contributed by atoms with E-state index in [2.05, 4.69) is 64.1 Å². The van der Waals surface area contributed by atoms with Gasteiger partial charge in [-0.1, -0.05) is 23.7 Å². The predicted octanol–water partition coefficient (Wildman–Crippen LogP) is 7.04. The molecule has 1 atom stereocenters. The van der Waals surface area contributed by atoms with Crippen LogP contribution in [0.3, 0.4) is 0 Å². The zero-order chi connectivity index (χ0) is 44.4. The van der Waals surface area contributed by atoms with Gasteiger partial charge in [-0.3, -0.25) is 24.7 Å². The minimum absolute atomic E-state index is 0.0936. The van der Waals surface area contributed by atoms with Crippen LogP contribution in [-0.4, -0.2) is 114 Å². The molecule has 336 valence electrons. The summed E-state index contributed by atoms with van der Waals surface area (Å²) in [5.74, 6) is 1.51. The third-order valence-corrected chi connectivity index (χ3v) is 15.3. The van der Waals surface area contributed by atoms with E-state index in [-0.39, 0.29) is 45.6 Å². The molecule has 1 unspecified atom stereocenters. The third kappa shape index (κ3) is 10.2. The lowest BCUT2D eigenvalue weighted by Crippen LogP contribution is -2.64. The Morgan fingerprint density at radius 2 is 1.56 bits per heavy atom. The first kappa shape index (κ1) is 44.6. The maximum Gasteiger partial charge on any atom is 0.249 e. The molecule has 63 heavy (non-hydrogen) atoms. The number of nitrogens with one attached hydrogen (secondary N) is 4. The number of carbonyl (C=O) groups excluding carboxylic acids is 2. The molecule has 8 rings (SSSR count). The fourth-order valence-corrected chi connectivity index (χ4v) is 10.5. The van der Waals surface area contributed by atoms with E-state index >= 15 is 0 Å². The van der Waals surface area contributed by atoms with Gasteiger partial charge in [0.25, 0.3) is 0 Å². The summed E-state index contributed by atoms with van der Waals surface area (Å²) in [6.45, 7) is 15.7. The summed E-state index contributed by atoms with van der Waals surface area (Å²) in [7, 11) is -3.57. The van der Waals surface area contributed by atoms with Gasteiger partial charge < -0.3 is 25.6 Å². The first-order valence-corrected chi connectivity index (χ1v) is 24.1. The van der Waals surface area contributed by atoms with E-state index in [9.17, 15) is 18.0 Å². The van der Waals surface area contributed by atoms with Crippen LogP contribution >= 0.6 is 11.6 Å². The number of aromatic nitrogens is 3. The number of benzene rings is 2. The Morgan fingerprint density at radius 1 is 0.841 bits per heavy atom. The van der Waals surface area contributed by atoms with Crippen LogP contribution in [0.4, 0.5) is 34.6 Å². The summed E-state index contributed by atoms with van der Waals surface area (Å²) in [6.07, 6.45) is 6.64. The molecular weight excluding hydrogens is 840 g/mol. The van der Waals surface area contributed by atoms with Gasteiger partial charge >= 0.3 is 0 Å². The summed E-state index contributed by atoms with van der Waals surface area (Å²) in [4.78, 5) is 45.7. The SMILES string of the molecule is Cc1nc(Nc2ncc(Cl)c(Nc3ccccc3S(=O)(=O)C(C)C)n2)c(OC(C)C)cc1C1CCN(C2CN(C3CCN(c4ccc(NC5CCC(=O)NC5=O)cc4)CC3)C2)CC1. The van der Waals surface area contributed by atoms with E-state index in [1.807, 2.05) is 32.9 Å². The van der Waals surface area contributed by atoms with Crippen molar-refractivity contribution < 1.29 is 22.7 Å². The van der Waals surface area contributed by atoms with Gasteiger partial charge in [-0.2, -0.15) is 4.98 Å². The van der Waals surface area contributed by atoms with Crippen LogP contribution in [0.25, 0.3) is 0 Å². The van der Waals surface area contributed by atoms with Crippen molar-refractivity contribution in [2.45, 2.75) is 113 Å². The second-order valence-corrected chi connectivity index (χ2v) is 20.6. The van der Waals surface area contributed by atoms with Gasteiger partial charge in [0.05, 0.1) is 28.1 Å². The number of para-hydroxylation sites is 1. The van der Waals surface area contributed by atoms with Gasteiger partial charge in [0.1, 0.15) is 11.1 Å². The monoisotopic (exact) mass is 898 g/mol. The summed E-state index contributed by atoms with van der Waals surface area (Å²) in [5, 5.41) is 11.7. The van der Waals surface area contributed by atoms with Crippen molar-refractivity contribution in [1.82, 2.24) is 30.1 Å². The lowest BCUT2D eigenvalue weighted by molar-refractivity contribution is -0.133. The molecule has 0 aliphatic carbocycles. The minimum atomic E-state index is -3.57. The summed E-state index contributed by atoms with van der Waals surface area (Å²) in [6, 6.07) is 17.9. The van der Waals surface area contributed by atoms with Crippen molar-refractivity contribution in [3.05, 3.63) is 77.1 Å². The molecule has 2 amide bonds. The molecular formula is C46H59ClN10O5S. The van der Waals surface area contributed by atoms with Gasteiger partial charge in [-0.05, 0) is 134 Å². The Balaban J connectivity index is 0.834. The van der Waals surface area contributed by atoms with E-state index in [0.717, 1.165) is 76.3 Å². The van der Waals surface area contributed by atoms with Crippen LogP contribution in [0.1, 0.15) is 83.4 Å². The van der Waals surface area contributed by atoms with E-state index in [1.165, 1.54) is 17.4 Å². The second kappa shape index (κ2) is 19.0. The number of ether oxygens (including phenoxy) is 1. The number of hydrogen-bond acceptors (Lipinski definition) is 14. The van der Waals surface area contributed by atoms with Crippen LogP contribution in [0.5, 0.6) is 5.75 Å². The zero-order valence-corrected chi connectivity index (χ0v) is 38.3. The molecule has 0 bridgehead atoms. The highest BCUT2D eigenvalue weighted by atomic mass is 35.5. The Morgan fingerprint density at radius 3 is 2.24 bits per heavy atom.